The molecule has 0 amide bonds. The van der Waals surface area contributed by atoms with Crippen molar-refractivity contribution in [2.45, 2.75) is 20.3 Å². The number of carbonyl (C=O) groups excluding carboxylic acids is 1. The van der Waals surface area contributed by atoms with Crippen molar-refractivity contribution in [1.82, 2.24) is 0 Å². The molecule has 0 unspecified atom stereocenters. The van der Waals surface area contributed by atoms with Gasteiger partial charge in [-0.15, -0.1) is 0 Å². The van der Waals surface area contributed by atoms with Gasteiger partial charge in [-0.05, 0) is 64.7 Å². The quantitative estimate of drug-likeness (QED) is 0.518. The Hall–Kier alpha value is -1.13. The number of carbonyl (C=O) groups is 1. The van der Waals surface area contributed by atoms with E-state index in [-0.39, 0.29) is 5.97 Å². The Bertz CT molecular complexity index is 651. The number of halogens is 2. The highest BCUT2D eigenvalue weighted by molar-refractivity contribution is 9.11. The summed E-state index contributed by atoms with van der Waals surface area (Å²) in [5.41, 5.74) is 2.59. The summed E-state index contributed by atoms with van der Waals surface area (Å²) < 4.78 is 7.08. The van der Waals surface area contributed by atoms with E-state index in [1.54, 1.807) is 6.07 Å². The minimum Gasteiger partial charge on any atom is -0.423 e. The van der Waals surface area contributed by atoms with E-state index in [4.69, 9.17) is 4.74 Å². The van der Waals surface area contributed by atoms with Crippen molar-refractivity contribution in [3.8, 4) is 5.75 Å². The van der Waals surface area contributed by atoms with Crippen LogP contribution in [0.2, 0.25) is 0 Å². The maximum Gasteiger partial charge on any atom is 0.344 e. The fourth-order valence-electron chi connectivity index (χ4n) is 1.78. The summed E-state index contributed by atoms with van der Waals surface area (Å²) in [6.07, 6.45) is 0.908. The van der Waals surface area contributed by atoms with Gasteiger partial charge in [-0.2, -0.15) is 0 Å². The molecule has 0 heterocycles. The fraction of sp³-hybridized carbons (Fsp3) is 0.188. The van der Waals surface area contributed by atoms with Gasteiger partial charge >= 0.3 is 5.97 Å². The second-order valence-electron chi connectivity index (χ2n) is 4.47. The van der Waals surface area contributed by atoms with Gasteiger partial charge in [0.2, 0.25) is 0 Å². The van der Waals surface area contributed by atoms with Gasteiger partial charge in [0, 0.05) is 8.95 Å². The van der Waals surface area contributed by atoms with E-state index in [9.17, 15) is 4.79 Å². The number of ether oxygens (including phenoxy) is 1. The van der Waals surface area contributed by atoms with Crippen LogP contribution in [0, 0.1) is 6.92 Å². The zero-order valence-electron chi connectivity index (χ0n) is 11.2. The monoisotopic (exact) mass is 396 g/mol. The zero-order chi connectivity index (χ0) is 14.7. The molecule has 0 aromatic heterocycles. The van der Waals surface area contributed by atoms with Crippen molar-refractivity contribution in [3.05, 3.63) is 62.0 Å². The highest BCUT2D eigenvalue weighted by atomic mass is 79.9. The second kappa shape index (κ2) is 6.55. The van der Waals surface area contributed by atoms with Gasteiger partial charge in [0.1, 0.15) is 5.75 Å². The molecule has 0 fully saturated rings. The predicted molar refractivity (Wildman–Crippen MR) is 87.4 cm³/mol. The van der Waals surface area contributed by atoms with Crippen LogP contribution < -0.4 is 4.74 Å². The number of hydrogen-bond donors (Lipinski definition) is 0. The fourth-order valence-corrected chi connectivity index (χ4v) is 2.55. The summed E-state index contributed by atoms with van der Waals surface area (Å²) >= 11 is 6.73. The van der Waals surface area contributed by atoms with E-state index in [0.29, 0.717) is 11.3 Å². The average Bonchev–Trinajstić information content (AvgIpc) is 2.43. The lowest BCUT2D eigenvalue weighted by atomic mass is 10.1. The van der Waals surface area contributed by atoms with Gasteiger partial charge in [-0.3, -0.25) is 0 Å². The molecule has 0 radical (unpaired) electrons. The van der Waals surface area contributed by atoms with Gasteiger partial charge < -0.3 is 4.74 Å². The molecule has 2 aromatic carbocycles. The number of aryl methyl sites for hydroxylation is 2. The standard InChI is InChI=1S/C16H14Br2O2/c1-3-11-5-4-10(2)15(8-11)20-16(19)13-9-12(17)6-7-14(13)18/h4-9H,3H2,1-2H3. The number of rotatable bonds is 3. The minimum atomic E-state index is -0.366. The molecule has 0 spiro atoms. The normalized spacial score (nSPS) is 10.4. The molecule has 104 valence electrons. The predicted octanol–water partition coefficient (Wildman–Crippen LogP) is 5.30. The number of hydrogen-bond acceptors (Lipinski definition) is 2. The van der Waals surface area contributed by atoms with E-state index in [0.717, 1.165) is 26.5 Å². The molecule has 0 atom stereocenters. The topological polar surface area (TPSA) is 26.3 Å². The largest absolute Gasteiger partial charge is 0.423 e. The SMILES string of the molecule is CCc1ccc(C)c(OC(=O)c2cc(Br)ccc2Br)c1. The Kier molecular flexibility index (Phi) is 5.00. The maximum absolute atomic E-state index is 12.3. The van der Waals surface area contributed by atoms with Crippen LogP contribution in [0.1, 0.15) is 28.4 Å². The molecule has 0 aliphatic carbocycles. The molecule has 0 saturated heterocycles. The molecule has 2 rings (SSSR count). The Labute approximate surface area is 135 Å². The number of benzene rings is 2. The number of esters is 1. The first kappa shape index (κ1) is 15.3. The van der Waals surface area contributed by atoms with Crippen LogP contribution in [0.15, 0.2) is 45.3 Å². The third-order valence-electron chi connectivity index (χ3n) is 3.01. The van der Waals surface area contributed by atoms with Gasteiger partial charge in [-0.1, -0.05) is 35.0 Å². The van der Waals surface area contributed by atoms with Crippen LogP contribution in [0.3, 0.4) is 0 Å². The van der Waals surface area contributed by atoms with Crippen LogP contribution >= 0.6 is 31.9 Å². The van der Waals surface area contributed by atoms with Gasteiger partial charge in [0.25, 0.3) is 0 Å². The molecule has 0 aliphatic heterocycles. The minimum absolute atomic E-state index is 0.366. The Morgan fingerprint density at radius 1 is 1.15 bits per heavy atom. The van der Waals surface area contributed by atoms with Crippen LogP contribution in [0.25, 0.3) is 0 Å². The Morgan fingerprint density at radius 3 is 2.60 bits per heavy atom. The highest BCUT2D eigenvalue weighted by Gasteiger charge is 2.14. The lowest BCUT2D eigenvalue weighted by molar-refractivity contribution is 0.0732. The van der Waals surface area contributed by atoms with Crippen LogP contribution in [0.5, 0.6) is 5.75 Å². The summed E-state index contributed by atoms with van der Waals surface area (Å²) in [5, 5.41) is 0. The summed E-state index contributed by atoms with van der Waals surface area (Å²) in [6.45, 7) is 4.00. The van der Waals surface area contributed by atoms with Gasteiger partial charge in [0.05, 0.1) is 5.56 Å². The van der Waals surface area contributed by atoms with E-state index in [1.165, 1.54) is 0 Å². The molecular formula is C16H14Br2O2. The van der Waals surface area contributed by atoms with E-state index < -0.39 is 0 Å². The zero-order valence-corrected chi connectivity index (χ0v) is 14.4. The first-order valence-electron chi connectivity index (χ1n) is 6.28. The highest BCUT2D eigenvalue weighted by Crippen LogP contribution is 2.25. The van der Waals surface area contributed by atoms with Crippen molar-refractivity contribution < 1.29 is 9.53 Å². The second-order valence-corrected chi connectivity index (χ2v) is 6.24. The van der Waals surface area contributed by atoms with Crippen molar-refractivity contribution in [2.75, 3.05) is 0 Å². The van der Waals surface area contributed by atoms with Gasteiger partial charge in [0.15, 0.2) is 0 Å². The first-order valence-corrected chi connectivity index (χ1v) is 7.86. The van der Waals surface area contributed by atoms with E-state index in [2.05, 4.69) is 38.8 Å². The summed E-state index contributed by atoms with van der Waals surface area (Å²) in [6, 6.07) is 11.4. The third kappa shape index (κ3) is 3.49. The van der Waals surface area contributed by atoms with E-state index in [1.807, 2.05) is 37.3 Å². The Balaban J connectivity index is 2.30. The lowest BCUT2D eigenvalue weighted by Gasteiger charge is -2.10. The molecule has 0 saturated carbocycles. The molecule has 0 N–H and O–H groups in total. The lowest BCUT2D eigenvalue weighted by Crippen LogP contribution is -2.10. The molecule has 4 heteroatoms. The van der Waals surface area contributed by atoms with Gasteiger partial charge in [-0.25, -0.2) is 4.79 Å². The maximum atomic E-state index is 12.3. The summed E-state index contributed by atoms with van der Waals surface area (Å²) in [7, 11) is 0. The smallest absolute Gasteiger partial charge is 0.344 e. The van der Waals surface area contributed by atoms with E-state index >= 15 is 0 Å². The molecular weight excluding hydrogens is 384 g/mol. The molecule has 0 bridgehead atoms. The summed E-state index contributed by atoms with van der Waals surface area (Å²) in [4.78, 5) is 12.3. The van der Waals surface area contributed by atoms with Crippen molar-refractivity contribution in [2.24, 2.45) is 0 Å². The van der Waals surface area contributed by atoms with Crippen LogP contribution in [0.4, 0.5) is 0 Å². The average molecular weight is 398 g/mol. The van der Waals surface area contributed by atoms with Crippen molar-refractivity contribution in [1.29, 1.82) is 0 Å². The molecule has 2 nitrogen and oxygen atoms in total. The van der Waals surface area contributed by atoms with Crippen molar-refractivity contribution in [3.63, 3.8) is 0 Å². The molecule has 20 heavy (non-hydrogen) atoms. The van der Waals surface area contributed by atoms with Crippen LogP contribution in [-0.4, -0.2) is 5.97 Å². The Morgan fingerprint density at radius 2 is 1.90 bits per heavy atom. The molecule has 0 aliphatic rings. The summed E-state index contributed by atoms with van der Waals surface area (Å²) in [5.74, 6) is 0.246. The first-order chi connectivity index (χ1) is 9.51. The molecule has 2 aromatic rings. The van der Waals surface area contributed by atoms with Crippen LogP contribution in [-0.2, 0) is 6.42 Å². The third-order valence-corrected chi connectivity index (χ3v) is 4.20. The van der Waals surface area contributed by atoms with Crippen molar-refractivity contribution >= 4 is 37.8 Å².